The smallest absolute Gasteiger partial charge is 0.308 e. The van der Waals surface area contributed by atoms with E-state index >= 15 is 0 Å². The molecule has 6 nitrogen and oxygen atoms in total. The van der Waals surface area contributed by atoms with Crippen molar-refractivity contribution in [1.29, 1.82) is 0 Å². The summed E-state index contributed by atoms with van der Waals surface area (Å²) in [7, 11) is -3.80. The molecule has 2 aromatic rings. The van der Waals surface area contributed by atoms with Gasteiger partial charge in [-0.15, -0.1) is 0 Å². The molecule has 1 N–H and O–H groups in total. The largest absolute Gasteiger partial charge is 0.481 e. The number of carboxylic acids is 1. The SMILES string of the molecule is CCC1C(C(=O)O)CCN1S(=O)(=O)c1cccc2ccc(C)nc12. The molecule has 1 saturated heterocycles. The maximum atomic E-state index is 13.2. The van der Waals surface area contributed by atoms with Gasteiger partial charge in [0.2, 0.25) is 10.0 Å². The third-order valence-corrected chi connectivity index (χ3v) is 6.60. The highest BCUT2D eigenvalue weighted by molar-refractivity contribution is 7.89. The van der Waals surface area contributed by atoms with E-state index in [1.165, 1.54) is 4.31 Å². The molecule has 1 aromatic carbocycles. The van der Waals surface area contributed by atoms with E-state index in [0.717, 1.165) is 11.1 Å². The Morgan fingerprint density at radius 1 is 1.33 bits per heavy atom. The monoisotopic (exact) mass is 348 g/mol. The van der Waals surface area contributed by atoms with Gasteiger partial charge in [-0.2, -0.15) is 4.31 Å². The van der Waals surface area contributed by atoms with E-state index in [-0.39, 0.29) is 11.4 Å². The summed E-state index contributed by atoms with van der Waals surface area (Å²) >= 11 is 0. The first-order chi connectivity index (χ1) is 11.4. The van der Waals surface area contributed by atoms with Gasteiger partial charge in [-0.1, -0.05) is 25.1 Å². The zero-order valence-electron chi connectivity index (χ0n) is 13.6. The van der Waals surface area contributed by atoms with Crippen LogP contribution >= 0.6 is 0 Å². The second-order valence-electron chi connectivity index (χ2n) is 6.11. The fourth-order valence-electron chi connectivity index (χ4n) is 3.45. The average Bonchev–Trinajstić information content (AvgIpc) is 2.99. The van der Waals surface area contributed by atoms with E-state index in [9.17, 15) is 18.3 Å². The molecule has 1 aromatic heterocycles. The summed E-state index contributed by atoms with van der Waals surface area (Å²) < 4.78 is 27.7. The molecular weight excluding hydrogens is 328 g/mol. The van der Waals surface area contributed by atoms with E-state index in [1.807, 2.05) is 32.0 Å². The highest BCUT2D eigenvalue weighted by atomic mass is 32.2. The molecule has 2 atom stereocenters. The van der Waals surface area contributed by atoms with Gasteiger partial charge in [-0.3, -0.25) is 9.78 Å². The fraction of sp³-hybridized carbons (Fsp3) is 0.412. The third-order valence-electron chi connectivity index (χ3n) is 4.64. The van der Waals surface area contributed by atoms with Crippen molar-refractivity contribution in [1.82, 2.24) is 9.29 Å². The summed E-state index contributed by atoms with van der Waals surface area (Å²) in [5.74, 6) is -1.60. The Labute approximate surface area is 141 Å². The lowest BCUT2D eigenvalue weighted by atomic mass is 9.99. The van der Waals surface area contributed by atoms with Crippen LogP contribution in [0.25, 0.3) is 10.9 Å². The van der Waals surface area contributed by atoms with Crippen LogP contribution in [0.2, 0.25) is 0 Å². The number of fused-ring (bicyclic) bond motifs is 1. The standard InChI is InChI=1S/C17H20N2O4S/c1-3-14-13(17(20)21)9-10-19(14)24(22,23)15-6-4-5-12-8-7-11(2)18-16(12)15/h4-8,13-14H,3,9-10H2,1-2H3,(H,20,21). The lowest BCUT2D eigenvalue weighted by Crippen LogP contribution is -2.39. The summed E-state index contributed by atoms with van der Waals surface area (Å²) in [6.07, 6.45) is 0.803. The van der Waals surface area contributed by atoms with Crippen LogP contribution in [0.3, 0.4) is 0 Å². The molecule has 128 valence electrons. The minimum Gasteiger partial charge on any atom is -0.481 e. The van der Waals surface area contributed by atoms with Gasteiger partial charge in [-0.05, 0) is 31.9 Å². The van der Waals surface area contributed by atoms with Crippen LogP contribution < -0.4 is 0 Å². The number of aryl methyl sites for hydroxylation is 1. The predicted molar refractivity (Wildman–Crippen MR) is 90.2 cm³/mol. The molecule has 0 spiro atoms. The van der Waals surface area contributed by atoms with Crippen LogP contribution in [-0.4, -0.2) is 41.4 Å². The normalized spacial score (nSPS) is 22.1. The molecule has 0 amide bonds. The summed E-state index contributed by atoms with van der Waals surface area (Å²) in [5, 5.41) is 10.1. The number of nitrogens with zero attached hydrogens (tertiary/aromatic N) is 2. The van der Waals surface area contributed by atoms with Crippen molar-refractivity contribution in [3.63, 3.8) is 0 Å². The highest BCUT2D eigenvalue weighted by Gasteiger charge is 2.44. The summed E-state index contributed by atoms with van der Waals surface area (Å²) in [5.41, 5.74) is 1.17. The minimum atomic E-state index is -3.80. The number of rotatable bonds is 4. The number of hydrogen-bond donors (Lipinski definition) is 1. The number of aromatic nitrogens is 1. The molecule has 0 saturated carbocycles. The predicted octanol–water partition coefficient (Wildman–Crippen LogP) is 2.42. The Balaban J connectivity index is 2.12. The van der Waals surface area contributed by atoms with E-state index < -0.39 is 28.0 Å². The van der Waals surface area contributed by atoms with Gasteiger partial charge >= 0.3 is 5.97 Å². The van der Waals surface area contributed by atoms with Crippen molar-refractivity contribution in [2.75, 3.05) is 6.54 Å². The van der Waals surface area contributed by atoms with Gasteiger partial charge in [0, 0.05) is 23.7 Å². The van der Waals surface area contributed by atoms with Gasteiger partial charge < -0.3 is 5.11 Å². The molecule has 0 radical (unpaired) electrons. The average molecular weight is 348 g/mol. The molecule has 2 heterocycles. The third kappa shape index (κ3) is 2.67. The summed E-state index contributed by atoms with van der Waals surface area (Å²) in [6.45, 7) is 3.86. The number of para-hydroxylation sites is 1. The highest BCUT2D eigenvalue weighted by Crippen LogP contribution is 2.34. The molecule has 0 bridgehead atoms. The zero-order valence-corrected chi connectivity index (χ0v) is 14.5. The molecule has 0 aliphatic carbocycles. The number of pyridine rings is 1. The Kier molecular flexibility index (Phi) is 4.31. The molecule has 1 aliphatic rings. The van der Waals surface area contributed by atoms with Crippen molar-refractivity contribution in [3.05, 3.63) is 36.0 Å². The molecular formula is C17H20N2O4S. The first kappa shape index (κ1) is 16.9. The van der Waals surface area contributed by atoms with E-state index in [1.54, 1.807) is 12.1 Å². The van der Waals surface area contributed by atoms with Gasteiger partial charge in [0.25, 0.3) is 0 Å². The number of hydrogen-bond acceptors (Lipinski definition) is 4. The molecule has 2 unspecified atom stereocenters. The number of sulfonamides is 1. The van der Waals surface area contributed by atoms with Gasteiger partial charge in [0.15, 0.2) is 0 Å². The summed E-state index contributed by atoms with van der Waals surface area (Å²) in [6, 6.07) is 8.22. The Morgan fingerprint density at radius 2 is 2.08 bits per heavy atom. The lowest BCUT2D eigenvalue weighted by molar-refractivity contribution is -0.142. The fourth-order valence-corrected chi connectivity index (χ4v) is 5.36. The quantitative estimate of drug-likeness (QED) is 0.917. The summed E-state index contributed by atoms with van der Waals surface area (Å²) in [4.78, 5) is 15.9. The van der Waals surface area contributed by atoms with Gasteiger partial charge in [-0.25, -0.2) is 8.42 Å². The van der Waals surface area contributed by atoms with Crippen molar-refractivity contribution in [3.8, 4) is 0 Å². The molecule has 3 rings (SSSR count). The first-order valence-electron chi connectivity index (χ1n) is 7.97. The van der Waals surface area contributed by atoms with Gasteiger partial charge in [0.1, 0.15) is 4.90 Å². The Bertz CT molecular complexity index is 895. The number of aliphatic carboxylic acids is 1. The van der Waals surface area contributed by atoms with Crippen LogP contribution in [0.5, 0.6) is 0 Å². The van der Waals surface area contributed by atoms with Crippen LogP contribution in [0, 0.1) is 12.8 Å². The van der Waals surface area contributed by atoms with E-state index in [2.05, 4.69) is 4.98 Å². The Morgan fingerprint density at radius 3 is 2.75 bits per heavy atom. The second kappa shape index (κ2) is 6.14. The van der Waals surface area contributed by atoms with Crippen LogP contribution in [0.15, 0.2) is 35.2 Å². The van der Waals surface area contributed by atoms with Crippen molar-refractivity contribution >= 4 is 26.9 Å². The van der Waals surface area contributed by atoms with E-state index in [4.69, 9.17) is 0 Å². The van der Waals surface area contributed by atoms with Crippen molar-refractivity contribution < 1.29 is 18.3 Å². The second-order valence-corrected chi connectivity index (χ2v) is 7.96. The van der Waals surface area contributed by atoms with Crippen LogP contribution in [0.4, 0.5) is 0 Å². The van der Waals surface area contributed by atoms with E-state index in [0.29, 0.717) is 18.4 Å². The van der Waals surface area contributed by atoms with Crippen molar-refractivity contribution in [2.45, 2.75) is 37.6 Å². The molecule has 1 fully saturated rings. The molecule has 24 heavy (non-hydrogen) atoms. The molecule has 1 aliphatic heterocycles. The minimum absolute atomic E-state index is 0.146. The molecule has 7 heteroatoms. The maximum absolute atomic E-state index is 13.2. The van der Waals surface area contributed by atoms with Crippen LogP contribution in [-0.2, 0) is 14.8 Å². The van der Waals surface area contributed by atoms with Crippen LogP contribution in [0.1, 0.15) is 25.5 Å². The Hall–Kier alpha value is -1.99. The topological polar surface area (TPSA) is 87.6 Å². The van der Waals surface area contributed by atoms with Crippen molar-refractivity contribution in [2.24, 2.45) is 5.92 Å². The zero-order chi connectivity index (χ0) is 17.5. The number of carbonyl (C=O) groups is 1. The van der Waals surface area contributed by atoms with Gasteiger partial charge in [0.05, 0.1) is 11.4 Å². The first-order valence-corrected chi connectivity index (χ1v) is 9.41. The number of benzene rings is 1. The lowest BCUT2D eigenvalue weighted by Gasteiger charge is -2.25. The number of carboxylic acid groups (broad SMARTS) is 1. The maximum Gasteiger partial charge on any atom is 0.308 e.